The van der Waals surface area contributed by atoms with Crippen LogP contribution in [0.4, 0.5) is 5.69 Å². The minimum atomic E-state index is -0.126. The molecule has 0 radical (unpaired) electrons. The first-order valence-electron chi connectivity index (χ1n) is 7.68. The van der Waals surface area contributed by atoms with Crippen LogP contribution in [0.5, 0.6) is 0 Å². The molecule has 5 nitrogen and oxygen atoms in total. The van der Waals surface area contributed by atoms with Crippen molar-refractivity contribution >= 4 is 23.4 Å². The van der Waals surface area contributed by atoms with Crippen molar-refractivity contribution in [3.05, 3.63) is 46.9 Å². The van der Waals surface area contributed by atoms with E-state index >= 15 is 0 Å². The van der Waals surface area contributed by atoms with Crippen LogP contribution in [-0.4, -0.2) is 21.6 Å². The Morgan fingerprint density at radius 1 is 1.33 bits per heavy atom. The van der Waals surface area contributed by atoms with Gasteiger partial charge >= 0.3 is 0 Å². The van der Waals surface area contributed by atoms with Gasteiger partial charge in [0.05, 0.1) is 11.4 Å². The normalized spacial score (nSPS) is 10.5. The molecule has 0 spiro atoms. The van der Waals surface area contributed by atoms with E-state index in [1.807, 2.05) is 24.3 Å². The van der Waals surface area contributed by atoms with Gasteiger partial charge in [0.25, 0.3) is 0 Å². The molecule has 124 valence electrons. The van der Waals surface area contributed by atoms with Crippen molar-refractivity contribution in [1.82, 2.24) is 9.97 Å². The Morgan fingerprint density at radius 2 is 2.08 bits per heavy atom. The molecule has 2 aromatic rings. The fourth-order valence-corrected chi connectivity index (χ4v) is 3.10. The number of thioether (sulfide) groups is 1. The second kappa shape index (κ2) is 7.93. The van der Waals surface area contributed by atoms with Crippen molar-refractivity contribution in [1.29, 1.82) is 5.26 Å². The number of carbonyl (C=O) groups is 1. The highest BCUT2D eigenvalue weighted by molar-refractivity contribution is 8.00. The second-order valence-corrected chi connectivity index (χ2v) is 6.73. The van der Waals surface area contributed by atoms with Crippen molar-refractivity contribution in [2.75, 3.05) is 11.1 Å². The molecule has 2 rings (SSSR count). The third-order valence-corrected chi connectivity index (χ3v) is 4.43. The molecule has 0 aliphatic carbocycles. The zero-order chi connectivity index (χ0) is 17.7. The number of rotatable bonds is 5. The van der Waals surface area contributed by atoms with Gasteiger partial charge in [-0.15, -0.1) is 0 Å². The molecule has 6 heteroatoms. The number of nitriles is 1. The molecule has 1 N–H and O–H groups in total. The van der Waals surface area contributed by atoms with Crippen molar-refractivity contribution in [2.24, 2.45) is 0 Å². The van der Waals surface area contributed by atoms with Gasteiger partial charge in [-0.25, -0.2) is 9.97 Å². The number of aromatic nitrogens is 2. The van der Waals surface area contributed by atoms with Gasteiger partial charge in [0, 0.05) is 5.69 Å². The molecule has 0 unspecified atom stereocenters. The molecule has 0 fully saturated rings. The van der Waals surface area contributed by atoms with Crippen LogP contribution in [0.1, 0.15) is 42.4 Å². The molecule has 0 aliphatic rings. The third kappa shape index (κ3) is 4.56. The Labute approximate surface area is 146 Å². The van der Waals surface area contributed by atoms with E-state index in [1.165, 1.54) is 17.3 Å². The summed E-state index contributed by atoms with van der Waals surface area (Å²) in [7, 11) is 0. The van der Waals surface area contributed by atoms with E-state index in [9.17, 15) is 10.1 Å². The molecule has 0 saturated heterocycles. The van der Waals surface area contributed by atoms with Crippen LogP contribution in [0.3, 0.4) is 0 Å². The predicted octanol–water partition coefficient (Wildman–Crippen LogP) is 3.82. The summed E-state index contributed by atoms with van der Waals surface area (Å²) in [5.74, 6) is 1.07. The van der Waals surface area contributed by atoms with Gasteiger partial charge in [0.15, 0.2) is 0 Å². The van der Waals surface area contributed by atoms with Gasteiger partial charge in [-0.2, -0.15) is 5.26 Å². The zero-order valence-corrected chi connectivity index (χ0v) is 15.1. The highest BCUT2D eigenvalue weighted by atomic mass is 32.2. The Kier molecular flexibility index (Phi) is 5.93. The average Bonchev–Trinajstić information content (AvgIpc) is 2.52. The third-order valence-electron chi connectivity index (χ3n) is 3.46. The van der Waals surface area contributed by atoms with Gasteiger partial charge in [0.1, 0.15) is 22.5 Å². The number of nitrogens with zero attached hydrogens (tertiary/aromatic N) is 3. The maximum Gasteiger partial charge on any atom is 0.234 e. The molecule has 0 atom stereocenters. The van der Waals surface area contributed by atoms with E-state index in [2.05, 4.69) is 35.2 Å². The fraction of sp³-hybridized carbons (Fsp3) is 0.333. The number of hydrogen-bond acceptors (Lipinski definition) is 5. The summed E-state index contributed by atoms with van der Waals surface area (Å²) < 4.78 is 0. The topological polar surface area (TPSA) is 78.7 Å². The average molecular weight is 340 g/mol. The Balaban J connectivity index is 2.04. The highest BCUT2D eigenvalue weighted by Gasteiger charge is 2.13. The van der Waals surface area contributed by atoms with Gasteiger partial charge in [-0.3, -0.25) is 4.79 Å². The van der Waals surface area contributed by atoms with Gasteiger partial charge in [0.2, 0.25) is 5.91 Å². The molecule has 0 saturated carbocycles. The molecule has 1 amide bonds. The first-order chi connectivity index (χ1) is 11.4. The first kappa shape index (κ1) is 18.0. The van der Waals surface area contributed by atoms with E-state index < -0.39 is 0 Å². The smallest absolute Gasteiger partial charge is 0.234 e. The molecule has 1 aromatic carbocycles. The molecular weight excluding hydrogens is 320 g/mol. The van der Waals surface area contributed by atoms with Crippen molar-refractivity contribution in [3.63, 3.8) is 0 Å². The lowest BCUT2D eigenvalue weighted by atomic mass is 10.0. The maximum atomic E-state index is 12.2. The Morgan fingerprint density at radius 3 is 2.75 bits per heavy atom. The number of hydrogen-bond donors (Lipinski definition) is 1. The number of nitrogens with one attached hydrogen (secondary N) is 1. The van der Waals surface area contributed by atoms with E-state index in [1.54, 1.807) is 13.8 Å². The van der Waals surface area contributed by atoms with Gasteiger partial charge < -0.3 is 5.32 Å². The number of amides is 1. The molecule has 1 aromatic heterocycles. The quantitative estimate of drug-likeness (QED) is 0.661. The summed E-state index contributed by atoms with van der Waals surface area (Å²) in [4.78, 5) is 20.6. The lowest BCUT2D eigenvalue weighted by Gasteiger charge is -2.10. The van der Waals surface area contributed by atoms with Crippen LogP contribution in [-0.2, 0) is 4.79 Å². The summed E-state index contributed by atoms with van der Waals surface area (Å²) in [6.07, 6.45) is 0. The van der Waals surface area contributed by atoms with Crippen LogP contribution in [0.15, 0.2) is 29.3 Å². The number of benzene rings is 1. The van der Waals surface area contributed by atoms with Crippen LogP contribution in [0.2, 0.25) is 0 Å². The lowest BCUT2D eigenvalue weighted by Crippen LogP contribution is -2.14. The fourth-order valence-electron chi connectivity index (χ4n) is 2.22. The number of carbonyl (C=O) groups excluding carboxylic acids is 1. The van der Waals surface area contributed by atoms with Crippen molar-refractivity contribution < 1.29 is 4.79 Å². The second-order valence-electron chi connectivity index (χ2n) is 5.77. The van der Waals surface area contributed by atoms with E-state index in [-0.39, 0.29) is 11.7 Å². The summed E-state index contributed by atoms with van der Waals surface area (Å²) in [6, 6.07) is 9.93. The van der Waals surface area contributed by atoms with Gasteiger partial charge in [-0.05, 0) is 37.5 Å². The lowest BCUT2D eigenvalue weighted by molar-refractivity contribution is -0.113. The predicted molar refractivity (Wildman–Crippen MR) is 96.1 cm³/mol. The molecule has 24 heavy (non-hydrogen) atoms. The van der Waals surface area contributed by atoms with Gasteiger partial charge in [-0.1, -0.05) is 37.7 Å². The summed E-state index contributed by atoms with van der Waals surface area (Å²) >= 11 is 1.25. The van der Waals surface area contributed by atoms with E-state index in [0.29, 0.717) is 28.0 Å². The zero-order valence-electron chi connectivity index (χ0n) is 14.3. The summed E-state index contributed by atoms with van der Waals surface area (Å²) in [6.45, 7) is 7.77. The van der Waals surface area contributed by atoms with Crippen molar-refractivity contribution in [2.45, 2.75) is 38.6 Å². The van der Waals surface area contributed by atoms with Crippen LogP contribution < -0.4 is 5.32 Å². The summed E-state index contributed by atoms with van der Waals surface area (Å²) in [5, 5.41) is 12.7. The SMILES string of the molecule is Cc1nc(C)c(C#N)c(SCC(=O)Nc2cccc(C(C)C)c2)n1. The molecule has 0 aliphatic heterocycles. The van der Waals surface area contributed by atoms with Crippen LogP contribution in [0.25, 0.3) is 0 Å². The minimum Gasteiger partial charge on any atom is -0.325 e. The maximum absolute atomic E-state index is 12.2. The number of aryl methyl sites for hydroxylation is 2. The van der Waals surface area contributed by atoms with E-state index in [4.69, 9.17) is 0 Å². The largest absolute Gasteiger partial charge is 0.325 e. The molecule has 0 bridgehead atoms. The standard InChI is InChI=1S/C18H20N4OS/c1-11(2)14-6-5-7-15(8-14)22-17(23)10-24-18-16(9-19)12(3)20-13(4)21-18/h5-8,11H,10H2,1-4H3,(H,22,23). The Bertz CT molecular complexity index is 796. The van der Waals surface area contributed by atoms with Crippen LogP contribution in [0, 0.1) is 25.2 Å². The van der Waals surface area contributed by atoms with E-state index in [0.717, 1.165) is 5.69 Å². The Hall–Kier alpha value is -2.39. The first-order valence-corrected chi connectivity index (χ1v) is 8.67. The summed E-state index contributed by atoms with van der Waals surface area (Å²) in [5.41, 5.74) is 3.02. The minimum absolute atomic E-state index is 0.126. The monoisotopic (exact) mass is 340 g/mol. The molecular formula is C18H20N4OS. The van der Waals surface area contributed by atoms with Crippen LogP contribution >= 0.6 is 11.8 Å². The molecule has 1 heterocycles. The van der Waals surface area contributed by atoms with Crippen molar-refractivity contribution in [3.8, 4) is 6.07 Å². The number of anilines is 1. The highest BCUT2D eigenvalue weighted by Crippen LogP contribution is 2.23.